The first-order valence-electron chi connectivity index (χ1n) is 8.86. The largest absolute Gasteiger partial charge is 0.473 e. The SMILES string of the molecule is CCCCN(C(=O)c1cccnc1OC1CCSC1)c1ccccc1. The quantitative estimate of drug-likeness (QED) is 0.737. The molecule has 0 radical (unpaired) electrons. The molecule has 1 aromatic heterocycles. The fourth-order valence-electron chi connectivity index (χ4n) is 2.83. The molecule has 1 unspecified atom stereocenters. The molecule has 2 heterocycles. The van der Waals surface area contributed by atoms with Crippen molar-refractivity contribution in [3.8, 4) is 5.88 Å². The summed E-state index contributed by atoms with van der Waals surface area (Å²) in [7, 11) is 0. The van der Waals surface area contributed by atoms with Crippen molar-refractivity contribution in [2.75, 3.05) is 23.0 Å². The second kappa shape index (κ2) is 8.90. The van der Waals surface area contributed by atoms with Crippen LogP contribution in [0.5, 0.6) is 5.88 Å². The summed E-state index contributed by atoms with van der Waals surface area (Å²) >= 11 is 1.88. The standard InChI is InChI=1S/C20H24N2O2S/c1-2-3-13-22(16-8-5-4-6-9-16)20(23)18-10-7-12-21-19(18)24-17-11-14-25-15-17/h4-10,12,17H,2-3,11,13-15H2,1H3. The van der Waals surface area contributed by atoms with E-state index >= 15 is 0 Å². The highest BCUT2D eigenvalue weighted by Gasteiger charge is 2.24. The molecule has 3 rings (SSSR count). The lowest BCUT2D eigenvalue weighted by atomic mass is 10.2. The third-order valence-corrected chi connectivity index (χ3v) is 5.35. The van der Waals surface area contributed by atoms with Gasteiger partial charge in [-0.25, -0.2) is 4.98 Å². The molecule has 1 atom stereocenters. The van der Waals surface area contributed by atoms with Gasteiger partial charge in [0.25, 0.3) is 5.91 Å². The monoisotopic (exact) mass is 356 g/mol. The van der Waals surface area contributed by atoms with Crippen molar-refractivity contribution in [2.45, 2.75) is 32.3 Å². The first kappa shape index (κ1) is 17.8. The van der Waals surface area contributed by atoms with Gasteiger partial charge in [-0.05, 0) is 42.9 Å². The number of anilines is 1. The average Bonchev–Trinajstić information content (AvgIpc) is 3.16. The summed E-state index contributed by atoms with van der Waals surface area (Å²) in [4.78, 5) is 19.4. The van der Waals surface area contributed by atoms with Crippen molar-refractivity contribution in [1.82, 2.24) is 4.98 Å². The van der Waals surface area contributed by atoms with Gasteiger partial charge in [-0.1, -0.05) is 31.5 Å². The van der Waals surface area contributed by atoms with E-state index in [9.17, 15) is 4.79 Å². The molecule has 2 aromatic rings. The molecule has 1 aliphatic heterocycles. The highest BCUT2D eigenvalue weighted by Crippen LogP contribution is 2.26. The van der Waals surface area contributed by atoms with Gasteiger partial charge in [-0.3, -0.25) is 4.79 Å². The maximum atomic E-state index is 13.2. The van der Waals surface area contributed by atoms with E-state index in [0.29, 0.717) is 18.0 Å². The Labute approximate surface area is 153 Å². The van der Waals surface area contributed by atoms with E-state index < -0.39 is 0 Å². The van der Waals surface area contributed by atoms with Crippen LogP contribution >= 0.6 is 11.8 Å². The van der Waals surface area contributed by atoms with Gasteiger partial charge in [0.1, 0.15) is 11.7 Å². The number of rotatable bonds is 7. The zero-order valence-electron chi connectivity index (χ0n) is 14.6. The van der Waals surface area contributed by atoms with Gasteiger partial charge in [-0.2, -0.15) is 11.8 Å². The summed E-state index contributed by atoms with van der Waals surface area (Å²) < 4.78 is 6.04. The van der Waals surface area contributed by atoms with Crippen LogP contribution in [-0.2, 0) is 0 Å². The number of carbonyl (C=O) groups is 1. The average molecular weight is 356 g/mol. The molecule has 1 aliphatic rings. The number of para-hydroxylation sites is 1. The molecule has 0 bridgehead atoms. The Hall–Kier alpha value is -2.01. The van der Waals surface area contributed by atoms with Gasteiger partial charge >= 0.3 is 0 Å². The van der Waals surface area contributed by atoms with Crippen LogP contribution in [0, 0.1) is 0 Å². The number of amides is 1. The van der Waals surface area contributed by atoms with E-state index in [2.05, 4.69) is 11.9 Å². The second-order valence-electron chi connectivity index (χ2n) is 6.11. The normalized spacial score (nSPS) is 16.6. The van der Waals surface area contributed by atoms with Crippen LogP contribution in [-0.4, -0.2) is 35.0 Å². The Bertz CT molecular complexity index is 687. The van der Waals surface area contributed by atoms with Crippen molar-refractivity contribution >= 4 is 23.4 Å². The number of thioether (sulfide) groups is 1. The Morgan fingerprint density at radius 1 is 1.28 bits per heavy atom. The molecule has 0 N–H and O–H groups in total. The third kappa shape index (κ3) is 4.54. The molecule has 0 spiro atoms. The summed E-state index contributed by atoms with van der Waals surface area (Å²) in [5.74, 6) is 2.47. The molecule has 1 amide bonds. The van der Waals surface area contributed by atoms with E-state index in [1.807, 2.05) is 53.1 Å². The van der Waals surface area contributed by atoms with Crippen molar-refractivity contribution in [3.63, 3.8) is 0 Å². The number of pyridine rings is 1. The summed E-state index contributed by atoms with van der Waals surface area (Å²) in [6, 6.07) is 13.4. The maximum Gasteiger partial charge on any atom is 0.263 e. The smallest absolute Gasteiger partial charge is 0.263 e. The summed E-state index contributed by atoms with van der Waals surface area (Å²) in [6.45, 7) is 2.82. The van der Waals surface area contributed by atoms with Gasteiger partial charge in [0.15, 0.2) is 0 Å². The molecule has 1 aromatic carbocycles. The van der Waals surface area contributed by atoms with Crippen molar-refractivity contribution in [1.29, 1.82) is 0 Å². The molecule has 25 heavy (non-hydrogen) atoms. The lowest BCUT2D eigenvalue weighted by Crippen LogP contribution is -2.32. The third-order valence-electron chi connectivity index (χ3n) is 4.22. The number of hydrogen-bond acceptors (Lipinski definition) is 4. The number of ether oxygens (including phenoxy) is 1. The van der Waals surface area contributed by atoms with Crippen molar-refractivity contribution < 1.29 is 9.53 Å². The molecule has 0 saturated carbocycles. The fraction of sp³-hybridized carbons (Fsp3) is 0.400. The van der Waals surface area contributed by atoms with Crippen LogP contribution in [0.3, 0.4) is 0 Å². The van der Waals surface area contributed by atoms with Crippen LogP contribution in [0.15, 0.2) is 48.7 Å². The summed E-state index contributed by atoms with van der Waals surface area (Å²) in [5.41, 5.74) is 1.45. The summed E-state index contributed by atoms with van der Waals surface area (Å²) in [6.07, 6.45) is 4.83. The van der Waals surface area contributed by atoms with Gasteiger partial charge in [-0.15, -0.1) is 0 Å². The predicted molar refractivity (Wildman–Crippen MR) is 104 cm³/mol. The van der Waals surface area contributed by atoms with Crippen LogP contribution in [0.4, 0.5) is 5.69 Å². The Balaban J connectivity index is 1.86. The molecular formula is C20H24N2O2S. The van der Waals surface area contributed by atoms with Crippen molar-refractivity contribution in [2.24, 2.45) is 0 Å². The van der Waals surface area contributed by atoms with E-state index in [0.717, 1.165) is 36.5 Å². The zero-order valence-corrected chi connectivity index (χ0v) is 15.4. The summed E-state index contributed by atoms with van der Waals surface area (Å²) in [5, 5.41) is 0. The maximum absolute atomic E-state index is 13.2. The minimum atomic E-state index is -0.0478. The van der Waals surface area contributed by atoms with Gasteiger partial charge in [0.05, 0.1) is 0 Å². The van der Waals surface area contributed by atoms with E-state index in [1.54, 1.807) is 12.3 Å². The highest BCUT2D eigenvalue weighted by molar-refractivity contribution is 7.99. The van der Waals surface area contributed by atoms with E-state index in [-0.39, 0.29) is 12.0 Å². The Morgan fingerprint density at radius 3 is 2.84 bits per heavy atom. The number of benzene rings is 1. The van der Waals surface area contributed by atoms with Gasteiger partial charge in [0, 0.05) is 24.2 Å². The van der Waals surface area contributed by atoms with Crippen LogP contribution in [0.1, 0.15) is 36.5 Å². The highest BCUT2D eigenvalue weighted by atomic mass is 32.2. The molecule has 1 fully saturated rings. The Morgan fingerprint density at radius 2 is 2.12 bits per heavy atom. The van der Waals surface area contributed by atoms with Gasteiger partial charge in [0.2, 0.25) is 5.88 Å². The fourth-order valence-corrected chi connectivity index (χ4v) is 3.92. The topological polar surface area (TPSA) is 42.4 Å². The number of nitrogens with zero attached hydrogens (tertiary/aromatic N) is 2. The lowest BCUT2D eigenvalue weighted by Gasteiger charge is -2.24. The van der Waals surface area contributed by atoms with Crippen molar-refractivity contribution in [3.05, 3.63) is 54.2 Å². The molecule has 4 nitrogen and oxygen atoms in total. The van der Waals surface area contributed by atoms with Crippen LogP contribution in [0.2, 0.25) is 0 Å². The minimum Gasteiger partial charge on any atom is -0.473 e. The van der Waals surface area contributed by atoms with Gasteiger partial charge < -0.3 is 9.64 Å². The molecule has 132 valence electrons. The second-order valence-corrected chi connectivity index (χ2v) is 7.26. The number of unbranched alkanes of at least 4 members (excludes halogenated alkanes) is 1. The molecule has 1 saturated heterocycles. The van der Waals surface area contributed by atoms with E-state index in [4.69, 9.17) is 4.74 Å². The van der Waals surface area contributed by atoms with Crippen LogP contribution < -0.4 is 9.64 Å². The van der Waals surface area contributed by atoms with E-state index in [1.165, 1.54) is 0 Å². The lowest BCUT2D eigenvalue weighted by molar-refractivity contribution is 0.0979. The zero-order chi connectivity index (χ0) is 17.5. The predicted octanol–water partition coefficient (Wildman–Crippen LogP) is 4.41. The first-order valence-corrected chi connectivity index (χ1v) is 10.0. The number of aromatic nitrogens is 1. The van der Waals surface area contributed by atoms with Crippen LogP contribution in [0.25, 0.3) is 0 Å². The number of hydrogen-bond donors (Lipinski definition) is 0. The minimum absolute atomic E-state index is 0.0478. The first-order chi connectivity index (χ1) is 12.3. The molecule has 0 aliphatic carbocycles. The number of carbonyl (C=O) groups excluding carboxylic acids is 1. The molecule has 5 heteroatoms. The Kier molecular flexibility index (Phi) is 6.34. The molecular weight excluding hydrogens is 332 g/mol.